The normalized spacial score (nSPS) is 12.5. The Morgan fingerprint density at radius 3 is 2.42 bits per heavy atom. The molecule has 0 saturated heterocycles. The summed E-state index contributed by atoms with van der Waals surface area (Å²) in [7, 11) is -3.98. The van der Waals surface area contributed by atoms with Crippen LogP contribution in [0.3, 0.4) is 0 Å². The van der Waals surface area contributed by atoms with Crippen molar-refractivity contribution in [3.05, 3.63) is 54.1 Å². The number of anilines is 1. The number of benzene rings is 2. The maximum Gasteiger partial charge on any atom is 0.242 e. The molecule has 1 atom stereocenters. The van der Waals surface area contributed by atoms with Gasteiger partial charge < -0.3 is 10.1 Å². The van der Waals surface area contributed by atoms with Crippen LogP contribution in [0.25, 0.3) is 0 Å². The molecule has 2 N–H and O–H groups in total. The molecule has 0 spiro atoms. The van der Waals surface area contributed by atoms with E-state index in [1.165, 1.54) is 31.2 Å². The fourth-order valence-corrected chi connectivity index (χ4v) is 3.27. The molecule has 0 aliphatic carbocycles. The molecule has 0 saturated carbocycles. The van der Waals surface area contributed by atoms with E-state index in [1.54, 1.807) is 6.92 Å². The molecule has 140 valence electrons. The summed E-state index contributed by atoms with van der Waals surface area (Å²) < 4.78 is 58.8. The van der Waals surface area contributed by atoms with Gasteiger partial charge in [0.25, 0.3) is 0 Å². The van der Waals surface area contributed by atoms with Gasteiger partial charge in [0, 0.05) is 6.07 Å². The van der Waals surface area contributed by atoms with Crippen LogP contribution >= 0.6 is 0 Å². The zero-order chi connectivity index (χ0) is 19.3. The molecule has 9 heteroatoms. The summed E-state index contributed by atoms with van der Waals surface area (Å²) >= 11 is 0. The minimum absolute atomic E-state index is 0.0578. The van der Waals surface area contributed by atoms with E-state index >= 15 is 0 Å². The van der Waals surface area contributed by atoms with Crippen LogP contribution in [-0.4, -0.2) is 27.0 Å². The summed E-state index contributed by atoms with van der Waals surface area (Å²) in [6.45, 7) is 3.53. The summed E-state index contributed by atoms with van der Waals surface area (Å²) in [6.07, 6.45) is 0. The quantitative estimate of drug-likeness (QED) is 0.769. The third-order valence-electron chi connectivity index (χ3n) is 3.36. The van der Waals surface area contributed by atoms with Crippen molar-refractivity contribution in [2.24, 2.45) is 0 Å². The van der Waals surface area contributed by atoms with E-state index in [-0.39, 0.29) is 10.6 Å². The lowest BCUT2D eigenvalue weighted by atomic mass is 10.2. The molecule has 0 bridgehead atoms. The highest BCUT2D eigenvalue weighted by Crippen LogP contribution is 2.17. The van der Waals surface area contributed by atoms with Crippen molar-refractivity contribution in [1.82, 2.24) is 4.72 Å². The van der Waals surface area contributed by atoms with E-state index < -0.39 is 33.6 Å². The molecule has 0 fully saturated rings. The van der Waals surface area contributed by atoms with E-state index in [0.29, 0.717) is 12.4 Å². The lowest BCUT2D eigenvalue weighted by molar-refractivity contribution is -0.117. The number of hydrogen-bond acceptors (Lipinski definition) is 4. The molecular formula is C17H18F2N2O4S. The number of ether oxygens (including phenoxy) is 1. The highest BCUT2D eigenvalue weighted by molar-refractivity contribution is 7.89. The minimum atomic E-state index is -3.98. The molecule has 0 radical (unpaired) electrons. The van der Waals surface area contributed by atoms with Crippen LogP contribution < -0.4 is 14.8 Å². The number of sulfonamides is 1. The van der Waals surface area contributed by atoms with E-state index in [4.69, 9.17) is 4.74 Å². The second kappa shape index (κ2) is 8.24. The average molecular weight is 384 g/mol. The second-order valence-corrected chi connectivity index (χ2v) is 7.07. The second-order valence-electron chi connectivity index (χ2n) is 5.36. The Hall–Kier alpha value is -2.52. The van der Waals surface area contributed by atoms with Gasteiger partial charge in [0.05, 0.1) is 23.2 Å². The molecule has 2 rings (SSSR count). The van der Waals surface area contributed by atoms with Gasteiger partial charge in [-0.15, -0.1) is 0 Å². The maximum absolute atomic E-state index is 13.6. The van der Waals surface area contributed by atoms with Crippen LogP contribution in [-0.2, 0) is 14.8 Å². The van der Waals surface area contributed by atoms with Gasteiger partial charge in [-0.3, -0.25) is 4.79 Å². The van der Waals surface area contributed by atoms with Gasteiger partial charge in [-0.2, -0.15) is 4.72 Å². The first-order valence-electron chi connectivity index (χ1n) is 7.74. The van der Waals surface area contributed by atoms with Crippen LogP contribution in [0.1, 0.15) is 13.8 Å². The largest absolute Gasteiger partial charge is 0.494 e. The van der Waals surface area contributed by atoms with Crippen LogP contribution in [0.15, 0.2) is 47.4 Å². The molecule has 0 aromatic heterocycles. The van der Waals surface area contributed by atoms with Gasteiger partial charge in [0.15, 0.2) is 0 Å². The van der Waals surface area contributed by atoms with E-state index in [9.17, 15) is 22.0 Å². The molecule has 0 unspecified atom stereocenters. The Kier molecular flexibility index (Phi) is 6.27. The standard InChI is InChI=1S/C17H18F2N2O4S/c1-3-25-13-5-7-14(8-6-13)26(23,24)21-11(2)17(22)20-16-10-12(18)4-9-15(16)19/h4-11,21H,3H2,1-2H3,(H,20,22)/t11-/m0/s1. The monoisotopic (exact) mass is 384 g/mol. The molecule has 6 nitrogen and oxygen atoms in total. The number of amides is 1. The van der Waals surface area contributed by atoms with E-state index in [1.807, 2.05) is 0 Å². The zero-order valence-electron chi connectivity index (χ0n) is 14.1. The Bertz CT molecular complexity index is 886. The van der Waals surface area contributed by atoms with Gasteiger partial charge in [0.2, 0.25) is 15.9 Å². The van der Waals surface area contributed by atoms with Crippen molar-refractivity contribution in [1.29, 1.82) is 0 Å². The Morgan fingerprint density at radius 1 is 1.15 bits per heavy atom. The van der Waals surface area contributed by atoms with Crippen molar-refractivity contribution >= 4 is 21.6 Å². The van der Waals surface area contributed by atoms with Crippen LogP contribution in [0.4, 0.5) is 14.5 Å². The Labute approximate surface area is 150 Å². The summed E-state index contributed by atoms with van der Waals surface area (Å²) in [5.41, 5.74) is -0.373. The molecular weight excluding hydrogens is 366 g/mol. The first-order chi connectivity index (χ1) is 12.2. The van der Waals surface area contributed by atoms with Crippen molar-refractivity contribution in [3.63, 3.8) is 0 Å². The third-order valence-corrected chi connectivity index (χ3v) is 4.91. The predicted octanol–water partition coefficient (Wildman–Crippen LogP) is 2.67. The van der Waals surface area contributed by atoms with Crippen molar-refractivity contribution < 1.29 is 26.7 Å². The lowest BCUT2D eigenvalue weighted by Crippen LogP contribution is -2.41. The van der Waals surface area contributed by atoms with Crippen molar-refractivity contribution in [2.45, 2.75) is 24.8 Å². The number of rotatable bonds is 7. The summed E-state index contributed by atoms with van der Waals surface area (Å²) in [5, 5.41) is 2.15. The summed E-state index contributed by atoms with van der Waals surface area (Å²) in [6, 6.07) is 7.02. The van der Waals surface area contributed by atoms with Gasteiger partial charge in [-0.1, -0.05) is 0 Å². The van der Waals surface area contributed by atoms with Gasteiger partial charge in [0.1, 0.15) is 17.4 Å². The topological polar surface area (TPSA) is 84.5 Å². The van der Waals surface area contributed by atoms with E-state index in [2.05, 4.69) is 10.0 Å². The highest BCUT2D eigenvalue weighted by atomic mass is 32.2. The predicted molar refractivity (Wildman–Crippen MR) is 92.4 cm³/mol. The number of nitrogens with one attached hydrogen (secondary N) is 2. The number of carbonyl (C=O) groups is 1. The molecule has 0 aliphatic rings. The first kappa shape index (κ1) is 19.8. The molecule has 1 amide bonds. The van der Waals surface area contributed by atoms with Gasteiger partial charge in [-0.25, -0.2) is 17.2 Å². The van der Waals surface area contributed by atoms with Crippen LogP contribution in [0.5, 0.6) is 5.75 Å². The first-order valence-corrected chi connectivity index (χ1v) is 9.22. The Morgan fingerprint density at radius 2 is 1.81 bits per heavy atom. The SMILES string of the molecule is CCOc1ccc(S(=O)(=O)N[C@@H](C)C(=O)Nc2cc(F)ccc2F)cc1. The fraction of sp³-hybridized carbons (Fsp3) is 0.235. The zero-order valence-corrected chi connectivity index (χ0v) is 14.9. The number of carbonyl (C=O) groups excluding carboxylic acids is 1. The summed E-state index contributed by atoms with van der Waals surface area (Å²) in [5.74, 6) is -1.88. The smallest absolute Gasteiger partial charge is 0.242 e. The molecule has 26 heavy (non-hydrogen) atoms. The van der Waals surface area contributed by atoms with Gasteiger partial charge in [-0.05, 0) is 50.2 Å². The number of halogens is 2. The van der Waals surface area contributed by atoms with Crippen molar-refractivity contribution in [3.8, 4) is 5.75 Å². The molecule has 0 heterocycles. The number of hydrogen-bond donors (Lipinski definition) is 2. The minimum Gasteiger partial charge on any atom is -0.494 e. The third kappa shape index (κ3) is 4.99. The van der Waals surface area contributed by atoms with E-state index in [0.717, 1.165) is 18.2 Å². The lowest BCUT2D eigenvalue weighted by Gasteiger charge is -2.15. The van der Waals surface area contributed by atoms with Crippen LogP contribution in [0.2, 0.25) is 0 Å². The summed E-state index contributed by atoms with van der Waals surface area (Å²) in [4.78, 5) is 12.0. The maximum atomic E-state index is 13.6. The van der Waals surface area contributed by atoms with Crippen LogP contribution in [0, 0.1) is 11.6 Å². The fourth-order valence-electron chi connectivity index (χ4n) is 2.07. The average Bonchev–Trinajstić information content (AvgIpc) is 2.58. The Balaban J connectivity index is 2.08. The molecule has 0 aliphatic heterocycles. The van der Waals surface area contributed by atoms with Crippen molar-refractivity contribution in [2.75, 3.05) is 11.9 Å². The molecule has 2 aromatic rings. The molecule has 2 aromatic carbocycles. The van der Waals surface area contributed by atoms with Gasteiger partial charge >= 0.3 is 0 Å². The highest BCUT2D eigenvalue weighted by Gasteiger charge is 2.23.